The molecule has 0 bridgehead atoms. The first-order valence-corrected chi connectivity index (χ1v) is 10.1. The summed E-state index contributed by atoms with van der Waals surface area (Å²) in [5.41, 5.74) is 3.06. The summed E-state index contributed by atoms with van der Waals surface area (Å²) in [6.45, 7) is 2.30. The van der Waals surface area contributed by atoms with Gasteiger partial charge in [-0.1, -0.05) is 24.3 Å². The summed E-state index contributed by atoms with van der Waals surface area (Å²) in [4.78, 5) is 14.5. The number of likely N-dealkylation sites (N-methyl/N-ethyl adjacent to an activating group) is 1. The van der Waals surface area contributed by atoms with Crippen LogP contribution in [-0.2, 0) is 4.79 Å². The standard InChI is InChI=1S/C24H31NO4/c1-16-13-19(9-12-23(16)29-4)21(17-5-6-17)14-24(27)25(2)15-22(26)18-7-10-20(28-3)11-8-18/h7-13,17,21-22,26H,5-6,14-15H2,1-4H3. The van der Waals surface area contributed by atoms with E-state index in [9.17, 15) is 9.90 Å². The highest BCUT2D eigenvalue weighted by Gasteiger charge is 2.34. The van der Waals surface area contributed by atoms with Crippen molar-refractivity contribution in [3.63, 3.8) is 0 Å². The number of benzene rings is 2. The molecule has 2 unspecified atom stereocenters. The first-order chi connectivity index (χ1) is 13.9. The summed E-state index contributed by atoms with van der Waals surface area (Å²) in [5.74, 6) is 2.45. The fraction of sp³-hybridized carbons (Fsp3) is 0.458. The number of aryl methyl sites for hydroxylation is 1. The Balaban J connectivity index is 1.64. The average molecular weight is 398 g/mol. The molecule has 1 fully saturated rings. The number of amides is 1. The number of aliphatic hydroxyl groups is 1. The van der Waals surface area contributed by atoms with E-state index in [1.54, 1.807) is 26.2 Å². The van der Waals surface area contributed by atoms with Crippen LogP contribution in [0.5, 0.6) is 11.5 Å². The summed E-state index contributed by atoms with van der Waals surface area (Å²) in [7, 11) is 5.05. The second-order valence-electron chi connectivity index (χ2n) is 7.94. The molecule has 5 heteroatoms. The van der Waals surface area contributed by atoms with E-state index in [0.717, 1.165) is 22.6 Å². The summed E-state index contributed by atoms with van der Waals surface area (Å²) >= 11 is 0. The Morgan fingerprint density at radius 1 is 1.10 bits per heavy atom. The van der Waals surface area contributed by atoms with E-state index in [-0.39, 0.29) is 18.4 Å². The molecule has 29 heavy (non-hydrogen) atoms. The van der Waals surface area contributed by atoms with Gasteiger partial charge in [-0.15, -0.1) is 0 Å². The molecule has 0 heterocycles. The summed E-state index contributed by atoms with van der Waals surface area (Å²) in [6.07, 6.45) is 2.07. The molecule has 2 aromatic rings. The normalized spacial score (nSPS) is 15.5. The molecule has 0 saturated heterocycles. The molecule has 5 nitrogen and oxygen atoms in total. The van der Waals surface area contributed by atoms with Crippen LogP contribution < -0.4 is 9.47 Å². The van der Waals surface area contributed by atoms with Gasteiger partial charge in [-0.25, -0.2) is 0 Å². The number of carbonyl (C=O) groups excluding carboxylic acids is 1. The minimum Gasteiger partial charge on any atom is -0.497 e. The van der Waals surface area contributed by atoms with Crippen molar-refractivity contribution in [2.24, 2.45) is 5.92 Å². The van der Waals surface area contributed by atoms with Crippen LogP contribution in [0.3, 0.4) is 0 Å². The van der Waals surface area contributed by atoms with Crippen molar-refractivity contribution >= 4 is 5.91 Å². The number of hydrogen-bond donors (Lipinski definition) is 1. The lowest BCUT2D eigenvalue weighted by atomic mass is 9.89. The van der Waals surface area contributed by atoms with E-state index in [2.05, 4.69) is 12.1 Å². The minimum absolute atomic E-state index is 0.0583. The van der Waals surface area contributed by atoms with Gasteiger partial charge in [0.05, 0.1) is 26.9 Å². The molecule has 2 aromatic carbocycles. The van der Waals surface area contributed by atoms with Gasteiger partial charge in [-0.05, 0) is 66.5 Å². The van der Waals surface area contributed by atoms with Gasteiger partial charge in [0, 0.05) is 13.5 Å². The lowest BCUT2D eigenvalue weighted by molar-refractivity contribution is -0.131. The molecular weight excluding hydrogens is 366 g/mol. The molecule has 0 radical (unpaired) electrons. The molecule has 0 aliphatic heterocycles. The van der Waals surface area contributed by atoms with Gasteiger partial charge < -0.3 is 19.5 Å². The first-order valence-electron chi connectivity index (χ1n) is 10.1. The monoisotopic (exact) mass is 397 g/mol. The molecule has 0 spiro atoms. The van der Waals surface area contributed by atoms with Crippen molar-refractivity contribution in [2.75, 3.05) is 27.8 Å². The Morgan fingerprint density at radius 2 is 1.76 bits per heavy atom. The van der Waals surface area contributed by atoms with Crippen molar-refractivity contribution in [1.29, 1.82) is 0 Å². The SMILES string of the molecule is COc1ccc(C(O)CN(C)C(=O)CC(c2ccc(OC)c(C)c2)C2CC2)cc1. The maximum absolute atomic E-state index is 12.9. The molecular formula is C24H31NO4. The lowest BCUT2D eigenvalue weighted by Gasteiger charge is -2.24. The van der Waals surface area contributed by atoms with Crippen LogP contribution in [0.25, 0.3) is 0 Å². The Hall–Kier alpha value is -2.53. The van der Waals surface area contributed by atoms with Gasteiger partial charge in [0.25, 0.3) is 0 Å². The van der Waals surface area contributed by atoms with E-state index in [1.165, 1.54) is 18.4 Å². The molecule has 1 aliphatic carbocycles. The summed E-state index contributed by atoms with van der Waals surface area (Å²) < 4.78 is 10.5. The molecule has 0 aromatic heterocycles. The van der Waals surface area contributed by atoms with Gasteiger partial charge in [-0.3, -0.25) is 4.79 Å². The van der Waals surface area contributed by atoms with Crippen molar-refractivity contribution in [1.82, 2.24) is 4.90 Å². The average Bonchev–Trinajstić information content (AvgIpc) is 3.56. The zero-order valence-electron chi connectivity index (χ0n) is 17.7. The summed E-state index contributed by atoms with van der Waals surface area (Å²) in [5, 5.41) is 10.5. The Bertz CT molecular complexity index is 829. The number of hydrogen-bond acceptors (Lipinski definition) is 4. The Morgan fingerprint density at radius 3 is 2.31 bits per heavy atom. The van der Waals surface area contributed by atoms with Crippen molar-refractivity contribution < 1.29 is 19.4 Å². The van der Waals surface area contributed by atoms with Gasteiger partial charge >= 0.3 is 0 Å². The van der Waals surface area contributed by atoms with Crippen molar-refractivity contribution in [3.05, 3.63) is 59.2 Å². The van der Waals surface area contributed by atoms with Crippen LogP contribution in [0.2, 0.25) is 0 Å². The smallest absolute Gasteiger partial charge is 0.223 e. The van der Waals surface area contributed by atoms with Crippen LogP contribution in [0, 0.1) is 12.8 Å². The third kappa shape index (κ3) is 5.30. The number of carbonyl (C=O) groups is 1. The second-order valence-corrected chi connectivity index (χ2v) is 7.94. The van der Waals surface area contributed by atoms with Crippen molar-refractivity contribution in [3.8, 4) is 11.5 Å². The van der Waals surface area contributed by atoms with Gasteiger partial charge in [0.15, 0.2) is 0 Å². The highest BCUT2D eigenvalue weighted by atomic mass is 16.5. The van der Waals surface area contributed by atoms with E-state index in [1.807, 2.05) is 37.3 Å². The van der Waals surface area contributed by atoms with E-state index >= 15 is 0 Å². The maximum atomic E-state index is 12.9. The third-order valence-corrected chi connectivity index (χ3v) is 5.81. The van der Waals surface area contributed by atoms with Crippen molar-refractivity contribution in [2.45, 2.75) is 38.2 Å². The first kappa shape index (κ1) is 21.2. The van der Waals surface area contributed by atoms with Crippen LogP contribution in [0.1, 0.15) is 48.0 Å². The molecule has 1 N–H and O–H groups in total. The highest BCUT2D eigenvalue weighted by molar-refractivity contribution is 5.77. The van der Waals surface area contributed by atoms with Gasteiger partial charge in [0.2, 0.25) is 5.91 Å². The number of ether oxygens (including phenoxy) is 2. The molecule has 1 saturated carbocycles. The van der Waals surface area contributed by atoms with E-state index < -0.39 is 6.10 Å². The molecule has 156 valence electrons. The maximum Gasteiger partial charge on any atom is 0.223 e. The highest BCUT2D eigenvalue weighted by Crippen LogP contribution is 2.45. The third-order valence-electron chi connectivity index (χ3n) is 5.81. The Labute approximate surface area is 173 Å². The molecule has 3 rings (SSSR count). The lowest BCUT2D eigenvalue weighted by Crippen LogP contribution is -2.32. The topological polar surface area (TPSA) is 59.0 Å². The van der Waals surface area contributed by atoms with E-state index in [4.69, 9.17) is 9.47 Å². The van der Waals surface area contributed by atoms with E-state index in [0.29, 0.717) is 12.3 Å². The zero-order valence-corrected chi connectivity index (χ0v) is 17.7. The zero-order chi connectivity index (χ0) is 21.0. The van der Waals surface area contributed by atoms with Gasteiger partial charge in [-0.2, -0.15) is 0 Å². The number of methoxy groups -OCH3 is 2. The Kier molecular flexibility index (Phi) is 6.80. The summed E-state index contributed by atoms with van der Waals surface area (Å²) in [6, 6.07) is 13.5. The van der Waals surface area contributed by atoms with Crippen LogP contribution in [0.15, 0.2) is 42.5 Å². The largest absolute Gasteiger partial charge is 0.497 e. The second kappa shape index (κ2) is 9.31. The predicted octanol–water partition coefficient (Wildman–Crippen LogP) is 4.09. The molecule has 1 aliphatic rings. The number of aliphatic hydroxyl groups excluding tert-OH is 1. The predicted molar refractivity (Wildman–Crippen MR) is 113 cm³/mol. The molecule has 1 amide bonds. The van der Waals surface area contributed by atoms with Crippen LogP contribution in [0.4, 0.5) is 0 Å². The minimum atomic E-state index is -0.725. The van der Waals surface area contributed by atoms with Gasteiger partial charge in [0.1, 0.15) is 11.5 Å². The fourth-order valence-electron chi connectivity index (χ4n) is 3.82. The number of nitrogens with zero attached hydrogens (tertiary/aromatic N) is 1. The fourth-order valence-corrected chi connectivity index (χ4v) is 3.82. The quantitative estimate of drug-likeness (QED) is 0.692. The van der Waals surface area contributed by atoms with Crippen LogP contribution >= 0.6 is 0 Å². The molecule has 2 atom stereocenters. The van der Waals surface area contributed by atoms with Crippen LogP contribution in [-0.4, -0.2) is 43.7 Å². The number of rotatable bonds is 9.